The summed E-state index contributed by atoms with van der Waals surface area (Å²) in [6, 6.07) is 2.04. The molecule has 1 aromatic carbocycles. The highest BCUT2D eigenvalue weighted by atomic mass is 35.5. The summed E-state index contributed by atoms with van der Waals surface area (Å²) in [5, 5.41) is 8.68. The lowest BCUT2D eigenvalue weighted by atomic mass is 10.2. The van der Waals surface area contributed by atoms with Gasteiger partial charge in [0.2, 0.25) is 10.0 Å². The molecule has 0 atom stereocenters. The summed E-state index contributed by atoms with van der Waals surface area (Å²) in [4.78, 5) is 10.7. The van der Waals surface area contributed by atoms with Gasteiger partial charge in [-0.3, -0.25) is 0 Å². The van der Waals surface area contributed by atoms with Crippen molar-refractivity contribution in [2.75, 3.05) is 13.6 Å². The predicted molar refractivity (Wildman–Crippen MR) is 73.4 cm³/mol. The first-order valence-electron chi connectivity index (χ1n) is 5.01. The van der Waals surface area contributed by atoms with Crippen LogP contribution in [0.4, 0.5) is 0 Å². The van der Waals surface area contributed by atoms with Crippen LogP contribution in [-0.4, -0.2) is 37.4 Å². The Hall–Kier alpha value is -1.08. The first kappa shape index (κ1) is 16.0. The molecule has 1 N–H and O–H groups in total. The highest BCUT2D eigenvalue weighted by molar-refractivity contribution is 7.89. The van der Waals surface area contributed by atoms with Crippen LogP contribution in [0.2, 0.25) is 10.0 Å². The number of carboxylic acids is 1. The third kappa shape index (κ3) is 3.27. The molecule has 19 heavy (non-hydrogen) atoms. The van der Waals surface area contributed by atoms with Gasteiger partial charge in [-0.2, -0.15) is 4.31 Å². The largest absolute Gasteiger partial charge is 0.478 e. The lowest BCUT2D eigenvalue weighted by Gasteiger charge is -2.16. The molecule has 0 saturated carbocycles. The Kier molecular flexibility index (Phi) is 4.98. The monoisotopic (exact) mass is 323 g/mol. The SMILES string of the molecule is C=CCN(C)S(=O)(=O)c1cc(C(=O)O)c(Cl)cc1Cl. The molecule has 0 aliphatic carbocycles. The summed E-state index contributed by atoms with van der Waals surface area (Å²) in [6.07, 6.45) is 1.40. The fourth-order valence-electron chi connectivity index (χ4n) is 1.34. The molecule has 104 valence electrons. The third-order valence-corrected chi connectivity index (χ3v) is 4.93. The zero-order valence-corrected chi connectivity index (χ0v) is 12.3. The first-order chi connectivity index (χ1) is 8.71. The highest BCUT2D eigenvalue weighted by Gasteiger charge is 2.25. The van der Waals surface area contributed by atoms with Gasteiger partial charge in [0, 0.05) is 13.6 Å². The first-order valence-corrected chi connectivity index (χ1v) is 7.21. The molecule has 5 nitrogen and oxygen atoms in total. The molecule has 0 aromatic heterocycles. The van der Waals surface area contributed by atoms with E-state index in [1.165, 1.54) is 13.1 Å². The van der Waals surface area contributed by atoms with Crippen molar-refractivity contribution in [1.29, 1.82) is 0 Å². The van der Waals surface area contributed by atoms with Crippen molar-refractivity contribution < 1.29 is 18.3 Å². The summed E-state index contributed by atoms with van der Waals surface area (Å²) >= 11 is 11.5. The number of rotatable bonds is 5. The van der Waals surface area contributed by atoms with Gasteiger partial charge in [0.15, 0.2) is 0 Å². The van der Waals surface area contributed by atoms with E-state index in [4.69, 9.17) is 28.3 Å². The lowest BCUT2D eigenvalue weighted by Crippen LogP contribution is -2.27. The number of carboxylic acid groups (broad SMARTS) is 1. The predicted octanol–water partition coefficient (Wildman–Crippen LogP) is 2.50. The average Bonchev–Trinajstić information content (AvgIpc) is 2.28. The Balaban J connectivity index is 3.46. The van der Waals surface area contributed by atoms with Crippen LogP contribution >= 0.6 is 23.2 Å². The van der Waals surface area contributed by atoms with Crippen LogP contribution in [0.1, 0.15) is 10.4 Å². The minimum atomic E-state index is -3.90. The van der Waals surface area contributed by atoms with E-state index in [-0.39, 0.29) is 27.0 Å². The van der Waals surface area contributed by atoms with E-state index in [1.54, 1.807) is 0 Å². The standard InChI is InChI=1S/C11H11Cl2NO4S/c1-3-4-14(2)19(17,18)10-5-7(11(15)16)8(12)6-9(10)13/h3,5-6H,1,4H2,2H3,(H,15,16). The molecular weight excluding hydrogens is 313 g/mol. The lowest BCUT2D eigenvalue weighted by molar-refractivity contribution is 0.0697. The van der Waals surface area contributed by atoms with Crippen LogP contribution in [0.3, 0.4) is 0 Å². The minimum absolute atomic E-state index is 0.0731. The number of hydrogen-bond donors (Lipinski definition) is 1. The Morgan fingerprint density at radius 2 is 2.00 bits per heavy atom. The molecule has 8 heteroatoms. The number of likely N-dealkylation sites (N-methyl/N-ethyl adjacent to an activating group) is 1. The normalized spacial score (nSPS) is 11.6. The van der Waals surface area contributed by atoms with Gasteiger partial charge in [0.1, 0.15) is 4.90 Å². The zero-order chi connectivity index (χ0) is 14.8. The molecule has 1 aromatic rings. The number of hydrogen-bond acceptors (Lipinski definition) is 3. The van der Waals surface area contributed by atoms with Crippen LogP contribution < -0.4 is 0 Å². The zero-order valence-electron chi connectivity index (χ0n) is 9.93. The van der Waals surface area contributed by atoms with E-state index < -0.39 is 16.0 Å². The number of sulfonamides is 1. The molecule has 0 fully saturated rings. The Morgan fingerprint density at radius 1 is 1.42 bits per heavy atom. The van der Waals surface area contributed by atoms with E-state index >= 15 is 0 Å². The maximum atomic E-state index is 12.2. The van der Waals surface area contributed by atoms with Crippen molar-refractivity contribution in [3.63, 3.8) is 0 Å². The van der Waals surface area contributed by atoms with Crippen molar-refractivity contribution in [1.82, 2.24) is 4.31 Å². The Bertz CT molecular complexity index is 628. The van der Waals surface area contributed by atoms with Crippen molar-refractivity contribution in [2.24, 2.45) is 0 Å². The summed E-state index contributed by atoms with van der Waals surface area (Å²) in [5.41, 5.74) is -0.323. The van der Waals surface area contributed by atoms with Crippen molar-refractivity contribution >= 4 is 39.2 Å². The molecule has 0 heterocycles. The summed E-state index contributed by atoms with van der Waals surface area (Å²) in [6.45, 7) is 3.51. The summed E-state index contributed by atoms with van der Waals surface area (Å²) < 4.78 is 25.4. The summed E-state index contributed by atoms with van der Waals surface area (Å²) in [5.74, 6) is -1.33. The van der Waals surface area contributed by atoms with Crippen LogP contribution in [0.15, 0.2) is 29.7 Å². The molecule has 0 aliphatic rings. The van der Waals surface area contributed by atoms with E-state index in [0.29, 0.717) is 0 Å². The third-order valence-electron chi connectivity index (χ3n) is 2.33. The highest BCUT2D eigenvalue weighted by Crippen LogP contribution is 2.30. The van der Waals surface area contributed by atoms with Crippen molar-refractivity contribution in [2.45, 2.75) is 4.90 Å². The quantitative estimate of drug-likeness (QED) is 0.845. The van der Waals surface area contributed by atoms with Gasteiger partial charge in [0.25, 0.3) is 0 Å². The molecule has 0 spiro atoms. The fraction of sp³-hybridized carbons (Fsp3) is 0.182. The second-order valence-corrected chi connectivity index (χ2v) is 6.47. The van der Waals surface area contributed by atoms with E-state index in [1.807, 2.05) is 0 Å². The molecule has 0 saturated heterocycles. The number of benzene rings is 1. The van der Waals surface area contributed by atoms with Crippen LogP contribution in [0.25, 0.3) is 0 Å². The average molecular weight is 324 g/mol. The molecule has 1 rings (SSSR count). The minimum Gasteiger partial charge on any atom is -0.478 e. The Morgan fingerprint density at radius 3 is 2.47 bits per heavy atom. The molecule has 0 amide bonds. The molecule has 0 aliphatic heterocycles. The summed E-state index contributed by atoms with van der Waals surface area (Å²) in [7, 11) is -2.56. The second kappa shape index (κ2) is 5.92. The van der Waals surface area contributed by atoms with Gasteiger partial charge in [-0.1, -0.05) is 29.3 Å². The van der Waals surface area contributed by atoms with Gasteiger partial charge in [-0.05, 0) is 12.1 Å². The van der Waals surface area contributed by atoms with Gasteiger partial charge in [-0.15, -0.1) is 6.58 Å². The fourth-order valence-corrected chi connectivity index (χ4v) is 3.30. The molecule has 0 bridgehead atoms. The van der Waals surface area contributed by atoms with Crippen molar-refractivity contribution in [3.8, 4) is 0 Å². The Labute approximate surface area is 121 Å². The van der Waals surface area contributed by atoms with Crippen LogP contribution in [0.5, 0.6) is 0 Å². The number of halogens is 2. The van der Waals surface area contributed by atoms with Gasteiger partial charge >= 0.3 is 5.97 Å². The molecular formula is C11H11Cl2NO4S. The molecule has 0 radical (unpaired) electrons. The van der Waals surface area contributed by atoms with Crippen molar-refractivity contribution in [3.05, 3.63) is 40.4 Å². The van der Waals surface area contributed by atoms with Crippen LogP contribution in [0, 0.1) is 0 Å². The number of aromatic carboxylic acids is 1. The second-order valence-electron chi connectivity index (χ2n) is 3.64. The van der Waals surface area contributed by atoms with E-state index in [0.717, 1.165) is 16.4 Å². The van der Waals surface area contributed by atoms with E-state index in [9.17, 15) is 13.2 Å². The molecule has 0 unspecified atom stereocenters. The number of nitrogens with zero attached hydrogens (tertiary/aromatic N) is 1. The van der Waals surface area contributed by atoms with Gasteiger partial charge < -0.3 is 5.11 Å². The number of carbonyl (C=O) groups is 1. The van der Waals surface area contributed by atoms with Crippen LogP contribution in [-0.2, 0) is 10.0 Å². The van der Waals surface area contributed by atoms with Gasteiger partial charge in [0.05, 0.1) is 15.6 Å². The van der Waals surface area contributed by atoms with E-state index in [2.05, 4.69) is 6.58 Å². The maximum absolute atomic E-state index is 12.2. The topological polar surface area (TPSA) is 74.7 Å². The maximum Gasteiger partial charge on any atom is 0.337 e. The van der Waals surface area contributed by atoms with Gasteiger partial charge in [-0.25, -0.2) is 13.2 Å². The smallest absolute Gasteiger partial charge is 0.337 e.